The highest BCUT2D eigenvalue weighted by Gasteiger charge is 2.27. The van der Waals surface area contributed by atoms with E-state index in [1.54, 1.807) is 12.1 Å². The van der Waals surface area contributed by atoms with Crippen LogP contribution in [0.2, 0.25) is 0 Å². The zero-order chi connectivity index (χ0) is 13.1. The minimum Gasteiger partial charge on any atom is -0.346 e. The number of nitrogens with one attached hydrogen (secondary N) is 1. The number of carbonyl (C=O) groups is 1. The summed E-state index contributed by atoms with van der Waals surface area (Å²) in [7, 11) is 0. The van der Waals surface area contributed by atoms with E-state index < -0.39 is 24.9 Å². The molecule has 0 aliphatic rings. The molecule has 0 spiro atoms. The Kier molecular flexibility index (Phi) is 5.03. The van der Waals surface area contributed by atoms with Crippen LogP contribution in [-0.2, 0) is 0 Å². The van der Waals surface area contributed by atoms with E-state index in [-0.39, 0.29) is 0 Å². The van der Waals surface area contributed by atoms with Crippen molar-refractivity contribution in [3.8, 4) is 0 Å². The van der Waals surface area contributed by atoms with Crippen molar-refractivity contribution in [2.24, 2.45) is 5.73 Å². The Bertz CT molecular complexity index is 427. The van der Waals surface area contributed by atoms with E-state index >= 15 is 0 Å². The molecule has 0 radical (unpaired) electrons. The van der Waals surface area contributed by atoms with Crippen LogP contribution in [0.3, 0.4) is 0 Å². The first-order valence-corrected chi connectivity index (χ1v) is 6.25. The smallest absolute Gasteiger partial charge is 0.277 e. The molecule has 0 bridgehead atoms. The molecule has 17 heavy (non-hydrogen) atoms. The molecule has 0 fully saturated rings. The first-order valence-electron chi connectivity index (χ1n) is 4.67. The van der Waals surface area contributed by atoms with Crippen molar-refractivity contribution in [2.45, 2.75) is 5.92 Å². The molecular weight excluding hydrogens is 362 g/mol. The van der Waals surface area contributed by atoms with Crippen LogP contribution in [0.4, 0.5) is 8.78 Å². The molecule has 1 aromatic rings. The summed E-state index contributed by atoms with van der Waals surface area (Å²) >= 11 is 6.41. The summed E-state index contributed by atoms with van der Waals surface area (Å²) in [6, 6.07) is 4.85. The SMILES string of the molecule is NCC(F)(F)CNC(=O)c1ccc(Br)cc1Br. The maximum absolute atomic E-state index is 12.8. The van der Waals surface area contributed by atoms with Crippen molar-refractivity contribution >= 4 is 37.8 Å². The third-order valence-electron chi connectivity index (χ3n) is 1.98. The van der Waals surface area contributed by atoms with E-state index in [1.165, 1.54) is 6.07 Å². The highest BCUT2D eigenvalue weighted by molar-refractivity contribution is 9.11. The number of amides is 1. The fourth-order valence-electron chi connectivity index (χ4n) is 1.05. The lowest BCUT2D eigenvalue weighted by Crippen LogP contribution is -2.41. The van der Waals surface area contributed by atoms with E-state index in [4.69, 9.17) is 5.73 Å². The summed E-state index contributed by atoms with van der Waals surface area (Å²) in [5.74, 6) is -3.66. The number of hydrogen-bond donors (Lipinski definition) is 2. The maximum atomic E-state index is 12.8. The van der Waals surface area contributed by atoms with Crippen LogP contribution in [0.15, 0.2) is 27.1 Å². The second kappa shape index (κ2) is 5.88. The van der Waals surface area contributed by atoms with Gasteiger partial charge in [-0.3, -0.25) is 4.79 Å². The highest BCUT2D eigenvalue weighted by atomic mass is 79.9. The Balaban J connectivity index is 2.71. The monoisotopic (exact) mass is 370 g/mol. The van der Waals surface area contributed by atoms with Crippen molar-refractivity contribution < 1.29 is 13.6 Å². The fraction of sp³-hybridized carbons (Fsp3) is 0.300. The van der Waals surface area contributed by atoms with Gasteiger partial charge in [-0.1, -0.05) is 15.9 Å². The predicted octanol–water partition coefficient (Wildman–Crippen LogP) is 2.54. The van der Waals surface area contributed by atoms with Gasteiger partial charge >= 0.3 is 0 Å². The van der Waals surface area contributed by atoms with Crippen LogP contribution in [0, 0.1) is 0 Å². The third-order valence-corrected chi connectivity index (χ3v) is 3.13. The largest absolute Gasteiger partial charge is 0.346 e. The van der Waals surface area contributed by atoms with Crippen LogP contribution in [0.5, 0.6) is 0 Å². The van der Waals surface area contributed by atoms with Gasteiger partial charge < -0.3 is 11.1 Å². The first-order chi connectivity index (χ1) is 7.85. The number of carbonyl (C=O) groups excluding carboxylic acids is 1. The van der Waals surface area contributed by atoms with Gasteiger partial charge in [0.05, 0.1) is 18.7 Å². The van der Waals surface area contributed by atoms with Crippen molar-refractivity contribution in [2.75, 3.05) is 13.1 Å². The van der Waals surface area contributed by atoms with E-state index in [0.29, 0.717) is 10.0 Å². The molecule has 94 valence electrons. The van der Waals surface area contributed by atoms with Crippen molar-refractivity contribution in [3.05, 3.63) is 32.7 Å². The van der Waals surface area contributed by atoms with Gasteiger partial charge in [0, 0.05) is 8.95 Å². The highest BCUT2D eigenvalue weighted by Crippen LogP contribution is 2.22. The second-order valence-corrected chi connectivity index (χ2v) is 5.14. The quantitative estimate of drug-likeness (QED) is 0.854. The Morgan fingerprint density at radius 1 is 1.41 bits per heavy atom. The van der Waals surface area contributed by atoms with E-state index in [9.17, 15) is 13.6 Å². The van der Waals surface area contributed by atoms with Crippen LogP contribution in [0.1, 0.15) is 10.4 Å². The minimum atomic E-state index is -3.09. The average molecular weight is 372 g/mol. The first kappa shape index (κ1) is 14.5. The van der Waals surface area contributed by atoms with Crippen LogP contribution in [-0.4, -0.2) is 24.9 Å². The van der Waals surface area contributed by atoms with Crippen LogP contribution >= 0.6 is 31.9 Å². The average Bonchev–Trinajstić information content (AvgIpc) is 2.26. The van der Waals surface area contributed by atoms with Gasteiger partial charge in [0.15, 0.2) is 0 Å². The molecule has 0 unspecified atom stereocenters. The number of alkyl halides is 2. The molecule has 0 aliphatic carbocycles. The van der Waals surface area contributed by atoms with E-state index in [0.717, 1.165) is 4.47 Å². The summed E-state index contributed by atoms with van der Waals surface area (Å²) in [5, 5.41) is 2.14. The lowest BCUT2D eigenvalue weighted by atomic mass is 10.2. The lowest BCUT2D eigenvalue weighted by molar-refractivity contribution is 0.0118. The van der Waals surface area contributed by atoms with Gasteiger partial charge in [0.1, 0.15) is 0 Å². The number of halogens is 4. The molecule has 1 rings (SSSR count). The third kappa shape index (κ3) is 4.33. The van der Waals surface area contributed by atoms with Gasteiger partial charge in [0.2, 0.25) is 0 Å². The predicted molar refractivity (Wildman–Crippen MR) is 68.2 cm³/mol. The standard InChI is InChI=1S/C10H10Br2F2N2O/c11-6-1-2-7(8(12)3-6)9(17)16-5-10(13,14)4-15/h1-3H,4-5,15H2,(H,16,17). The van der Waals surface area contributed by atoms with Gasteiger partial charge in [-0.25, -0.2) is 8.78 Å². The molecule has 7 heteroatoms. The van der Waals surface area contributed by atoms with Gasteiger partial charge in [0.25, 0.3) is 11.8 Å². The van der Waals surface area contributed by atoms with Crippen LogP contribution in [0.25, 0.3) is 0 Å². The van der Waals surface area contributed by atoms with Gasteiger partial charge in [-0.05, 0) is 34.1 Å². The molecule has 1 aromatic carbocycles. The second-order valence-electron chi connectivity index (χ2n) is 3.37. The zero-order valence-corrected chi connectivity index (χ0v) is 11.8. The Morgan fingerprint density at radius 3 is 2.59 bits per heavy atom. The van der Waals surface area contributed by atoms with E-state index in [1.807, 2.05) is 0 Å². The maximum Gasteiger partial charge on any atom is 0.277 e. The van der Waals surface area contributed by atoms with Crippen molar-refractivity contribution in [3.63, 3.8) is 0 Å². The molecule has 3 nitrogen and oxygen atoms in total. The molecule has 0 aliphatic heterocycles. The Hall–Kier alpha value is -0.530. The Morgan fingerprint density at radius 2 is 2.06 bits per heavy atom. The molecule has 3 N–H and O–H groups in total. The summed E-state index contributed by atoms with van der Waals surface area (Å²) in [6.45, 7) is -1.57. The molecular formula is C10H10Br2F2N2O. The summed E-state index contributed by atoms with van der Waals surface area (Å²) < 4.78 is 27.0. The summed E-state index contributed by atoms with van der Waals surface area (Å²) in [6.07, 6.45) is 0. The molecule has 0 aromatic heterocycles. The lowest BCUT2D eigenvalue weighted by Gasteiger charge is -2.14. The fourth-order valence-corrected chi connectivity index (χ4v) is 2.28. The van der Waals surface area contributed by atoms with Crippen molar-refractivity contribution in [1.29, 1.82) is 0 Å². The molecule has 0 saturated heterocycles. The number of rotatable bonds is 4. The minimum absolute atomic E-state index is 0.293. The van der Waals surface area contributed by atoms with Gasteiger partial charge in [-0.2, -0.15) is 0 Å². The molecule has 1 amide bonds. The normalized spacial score (nSPS) is 11.4. The zero-order valence-electron chi connectivity index (χ0n) is 8.64. The van der Waals surface area contributed by atoms with Crippen molar-refractivity contribution in [1.82, 2.24) is 5.32 Å². The van der Waals surface area contributed by atoms with Gasteiger partial charge in [-0.15, -0.1) is 0 Å². The Labute approximate surface area is 114 Å². The number of hydrogen-bond acceptors (Lipinski definition) is 2. The summed E-state index contributed by atoms with van der Waals surface area (Å²) in [5.41, 5.74) is 5.16. The number of nitrogens with two attached hydrogens (primary N) is 1. The molecule has 0 atom stereocenters. The molecule has 0 saturated carbocycles. The topological polar surface area (TPSA) is 55.1 Å². The van der Waals surface area contributed by atoms with E-state index in [2.05, 4.69) is 37.2 Å². The summed E-state index contributed by atoms with van der Waals surface area (Å²) in [4.78, 5) is 11.6. The van der Waals surface area contributed by atoms with Crippen LogP contribution < -0.4 is 11.1 Å². The molecule has 0 heterocycles. The number of benzene rings is 1.